The Hall–Kier alpha value is -1.26. The van der Waals surface area contributed by atoms with E-state index in [1.807, 2.05) is 0 Å². The summed E-state index contributed by atoms with van der Waals surface area (Å²) in [6.45, 7) is 1.80. The number of carboxylic acid groups (broad SMARTS) is 1. The van der Waals surface area contributed by atoms with Crippen molar-refractivity contribution in [2.75, 3.05) is 7.05 Å². The van der Waals surface area contributed by atoms with Crippen molar-refractivity contribution < 1.29 is 14.7 Å². The predicted molar refractivity (Wildman–Crippen MR) is 78.9 cm³/mol. The van der Waals surface area contributed by atoms with Gasteiger partial charge in [0.1, 0.15) is 6.04 Å². The molecule has 5 heteroatoms. The Morgan fingerprint density at radius 2 is 1.67 bits per heavy atom. The quantitative estimate of drug-likeness (QED) is 0.837. The molecule has 5 nitrogen and oxygen atoms in total. The van der Waals surface area contributed by atoms with E-state index in [1.54, 1.807) is 14.0 Å². The first-order chi connectivity index (χ1) is 9.92. The minimum absolute atomic E-state index is 0.0586. The van der Waals surface area contributed by atoms with Gasteiger partial charge in [-0.1, -0.05) is 6.92 Å². The van der Waals surface area contributed by atoms with Crippen molar-refractivity contribution in [2.45, 2.75) is 63.5 Å². The molecule has 1 atom stereocenters. The van der Waals surface area contributed by atoms with Gasteiger partial charge in [0.25, 0.3) is 0 Å². The Balaban J connectivity index is 1.68. The summed E-state index contributed by atoms with van der Waals surface area (Å²) >= 11 is 0. The number of hydrogen-bond donors (Lipinski definition) is 2. The smallest absolute Gasteiger partial charge is 0.326 e. The molecule has 2 N–H and O–H groups in total. The third-order valence-electron chi connectivity index (χ3n) is 5.87. The van der Waals surface area contributed by atoms with Crippen LogP contribution in [0.2, 0.25) is 0 Å². The largest absolute Gasteiger partial charge is 0.480 e. The lowest BCUT2D eigenvalue weighted by Gasteiger charge is -2.57. The van der Waals surface area contributed by atoms with E-state index in [1.165, 1.54) is 24.2 Å². The molecule has 21 heavy (non-hydrogen) atoms. The Labute approximate surface area is 126 Å². The molecule has 4 bridgehead atoms. The van der Waals surface area contributed by atoms with Crippen LogP contribution < -0.4 is 5.32 Å². The van der Waals surface area contributed by atoms with Crippen molar-refractivity contribution in [1.29, 1.82) is 0 Å². The van der Waals surface area contributed by atoms with Crippen LogP contribution >= 0.6 is 0 Å². The number of amides is 2. The van der Waals surface area contributed by atoms with Gasteiger partial charge < -0.3 is 15.3 Å². The van der Waals surface area contributed by atoms with Gasteiger partial charge in [-0.15, -0.1) is 0 Å². The summed E-state index contributed by atoms with van der Waals surface area (Å²) < 4.78 is 0. The predicted octanol–water partition coefficient (Wildman–Crippen LogP) is 2.46. The molecular formula is C16H26N2O3. The zero-order valence-corrected chi connectivity index (χ0v) is 13.0. The lowest BCUT2D eigenvalue weighted by atomic mass is 9.53. The highest BCUT2D eigenvalue weighted by molar-refractivity contribution is 5.82. The molecule has 4 aliphatic carbocycles. The van der Waals surface area contributed by atoms with Crippen LogP contribution in [0.4, 0.5) is 4.79 Å². The first kappa shape index (κ1) is 14.7. The standard InChI is InChI=1S/C16H26N2O3/c1-3-13(14(19)20)18(2)15(21)17-16-7-10-4-11(8-16)6-12(5-10)9-16/h10-13H,3-9H2,1-2H3,(H,17,21)(H,19,20). The van der Waals surface area contributed by atoms with Crippen LogP contribution in [0, 0.1) is 17.8 Å². The van der Waals surface area contributed by atoms with Crippen LogP contribution in [0.1, 0.15) is 51.9 Å². The van der Waals surface area contributed by atoms with Gasteiger partial charge in [0.15, 0.2) is 0 Å². The van der Waals surface area contributed by atoms with Crippen molar-refractivity contribution >= 4 is 12.0 Å². The van der Waals surface area contributed by atoms with Crippen LogP contribution in [0.5, 0.6) is 0 Å². The number of nitrogens with zero attached hydrogens (tertiary/aromatic N) is 1. The maximum absolute atomic E-state index is 12.5. The Morgan fingerprint density at radius 1 is 1.19 bits per heavy atom. The van der Waals surface area contributed by atoms with Crippen LogP contribution in [-0.2, 0) is 4.79 Å². The average molecular weight is 294 g/mol. The number of rotatable bonds is 4. The molecule has 1 unspecified atom stereocenters. The molecule has 0 spiro atoms. The molecule has 4 aliphatic rings. The summed E-state index contributed by atoms with van der Waals surface area (Å²) in [7, 11) is 1.60. The van der Waals surface area contributed by atoms with Crippen LogP contribution in [0.15, 0.2) is 0 Å². The number of nitrogens with one attached hydrogen (secondary N) is 1. The molecule has 0 aromatic rings. The molecule has 0 aromatic heterocycles. The highest BCUT2D eigenvalue weighted by atomic mass is 16.4. The third-order valence-corrected chi connectivity index (χ3v) is 5.87. The molecule has 0 aliphatic heterocycles. The van der Waals surface area contributed by atoms with E-state index in [2.05, 4.69) is 5.32 Å². The molecule has 118 valence electrons. The fourth-order valence-electron chi connectivity index (χ4n) is 5.33. The topological polar surface area (TPSA) is 69.6 Å². The second-order valence-corrected chi connectivity index (χ2v) is 7.50. The molecule has 4 fully saturated rings. The van der Waals surface area contributed by atoms with Gasteiger partial charge in [0, 0.05) is 12.6 Å². The fraction of sp³-hybridized carbons (Fsp3) is 0.875. The van der Waals surface area contributed by atoms with Gasteiger partial charge in [0.2, 0.25) is 0 Å². The van der Waals surface area contributed by atoms with Gasteiger partial charge in [-0.25, -0.2) is 9.59 Å². The molecule has 2 amide bonds. The van der Waals surface area contributed by atoms with Crippen molar-refractivity contribution in [3.63, 3.8) is 0 Å². The molecule has 4 rings (SSSR count). The van der Waals surface area contributed by atoms with E-state index in [9.17, 15) is 14.7 Å². The summed E-state index contributed by atoms with van der Waals surface area (Å²) in [6, 6.07) is -0.954. The lowest BCUT2D eigenvalue weighted by Crippen LogP contribution is -2.62. The minimum atomic E-state index is -0.930. The van der Waals surface area contributed by atoms with Crippen molar-refractivity contribution in [3.05, 3.63) is 0 Å². The number of carbonyl (C=O) groups is 2. The normalized spacial score (nSPS) is 38.1. The Bertz CT molecular complexity index is 414. The lowest BCUT2D eigenvalue weighted by molar-refractivity contribution is -0.142. The Morgan fingerprint density at radius 3 is 2.05 bits per heavy atom. The number of carboxylic acids is 1. The summed E-state index contributed by atoms with van der Waals surface area (Å²) in [4.78, 5) is 25.1. The van der Waals surface area contributed by atoms with E-state index in [-0.39, 0.29) is 11.6 Å². The maximum atomic E-state index is 12.5. The first-order valence-corrected chi connectivity index (χ1v) is 8.20. The highest BCUT2D eigenvalue weighted by Crippen LogP contribution is 2.55. The second-order valence-electron chi connectivity index (χ2n) is 7.50. The summed E-state index contributed by atoms with van der Waals surface area (Å²) in [5, 5.41) is 12.4. The van der Waals surface area contributed by atoms with E-state index >= 15 is 0 Å². The number of carbonyl (C=O) groups excluding carboxylic acids is 1. The minimum Gasteiger partial charge on any atom is -0.480 e. The van der Waals surface area contributed by atoms with Gasteiger partial charge >= 0.3 is 12.0 Å². The molecular weight excluding hydrogens is 268 g/mol. The molecule has 0 aromatic carbocycles. The zero-order chi connectivity index (χ0) is 15.2. The fourth-order valence-corrected chi connectivity index (χ4v) is 5.33. The number of likely N-dealkylation sites (N-methyl/N-ethyl adjacent to an activating group) is 1. The monoisotopic (exact) mass is 294 g/mol. The van der Waals surface area contributed by atoms with Crippen molar-refractivity contribution in [2.24, 2.45) is 17.8 Å². The number of hydrogen-bond acceptors (Lipinski definition) is 2. The van der Waals surface area contributed by atoms with Gasteiger partial charge in [-0.05, 0) is 62.7 Å². The van der Waals surface area contributed by atoms with Crippen molar-refractivity contribution in [1.82, 2.24) is 10.2 Å². The van der Waals surface area contributed by atoms with E-state index in [0.29, 0.717) is 6.42 Å². The number of aliphatic carboxylic acids is 1. The van der Waals surface area contributed by atoms with Gasteiger partial charge in [0.05, 0.1) is 0 Å². The highest BCUT2D eigenvalue weighted by Gasteiger charge is 2.51. The zero-order valence-electron chi connectivity index (χ0n) is 13.0. The van der Waals surface area contributed by atoms with Crippen LogP contribution in [0.3, 0.4) is 0 Å². The molecule has 0 saturated heterocycles. The van der Waals surface area contributed by atoms with Crippen LogP contribution in [-0.4, -0.2) is 40.6 Å². The van der Waals surface area contributed by atoms with Crippen LogP contribution in [0.25, 0.3) is 0 Å². The molecule has 0 heterocycles. The third kappa shape index (κ3) is 2.62. The van der Waals surface area contributed by atoms with E-state index < -0.39 is 12.0 Å². The van der Waals surface area contributed by atoms with Gasteiger partial charge in [-0.3, -0.25) is 0 Å². The second kappa shape index (κ2) is 5.18. The van der Waals surface area contributed by atoms with Crippen molar-refractivity contribution in [3.8, 4) is 0 Å². The first-order valence-electron chi connectivity index (χ1n) is 8.20. The Kier molecular flexibility index (Phi) is 3.62. The summed E-state index contributed by atoms with van der Waals surface area (Å²) in [5.41, 5.74) is -0.0586. The summed E-state index contributed by atoms with van der Waals surface area (Å²) in [5.74, 6) is 1.37. The van der Waals surface area contributed by atoms with E-state index in [0.717, 1.165) is 37.0 Å². The SMILES string of the molecule is CCC(C(=O)O)N(C)C(=O)NC12CC3CC(CC(C3)C1)C2. The maximum Gasteiger partial charge on any atom is 0.326 e. The number of urea groups is 1. The molecule has 0 radical (unpaired) electrons. The molecule has 4 saturated carbocycles. The average Bonchev–Trinajstić information content (AvgIpc) is 2.36. The summed E-state index contributed by atoms with van der Waals surface area (Å²) in [6.07, 6.45) is 7.68. The van der Waals surface area contributed by atoms with Gasteiger partial charge in [-0.2, -0.15) is 0 Å². The van der Waals surface area contributed by atoms with E-state index in [4.69, 9.17) is 0 Å².